The number of rotatable bonds is 3. The molecule has 84 valence electrons. The molecule has 1 aliphatic heterocycles. The van der Waals surface area contributed by atoms with Crippen LogP contribution in [-0.4, -0.2) is 64.8 Å². The molecule has 0 bridgehead atoms. The third kappa shape index (κ3) is 2.20. The molecule has 4 N–H and O–H groups in total. The van der Waals surface area contributed by atoms with E-state index in [2.05, 4.69) is 9.78 Å². The topological polar surface area (TPSA) is 109 Å². The molecule has 7 nitrogen and oxygen atoms in total. The zero-order chi connectivity index (χ0) is 10.7. The third-order valence-corrected chi connectivity index (χ3v) is 2.04. The Morgan fingerprint density at radius 1 is 1.14 bits per heavy atom. The van der Waals surface area contributed by atoms with Gasteiger partial charge < -0.3 is 25.2 Å². The molecule has 0 amide bonds. The van der Waals surface area contributed by atoms with Crippen molar-refractivity contribution in [3.8, 4) is 0 Å². The lowest BCUT2D eigenvalue weighted by atomic mass is 9.99. The number of aliphatic hydroxyl groups excluding tert-OH is 4. The molecular weight excluding hydrogens is 196 g/mol. The average Bonchev–Trinajstić information content (AvgIpc) is 2.19. The number of hydrogen-bond donors (Lipinski definition) is 4. The summed E-state index contributed by atoms with van der Waals surface area (Å²) < 4.78 is 4.91. The highest BCUT2D eigenvalue weighted by Gasteiger charge is 2.44. The first-order valence-corrected chi connectivity index (χ1v) is 4.11. The van der Waals surface area contributed by atoms with Crippen LogP contribution in [0.15, 0.2) is 0 Å². The molecule has 0 aromatic rings. The molecule has 7 heteroatoms. The standard InChI is InChI=1S/C7H14O7/c1-12-14-7-6(11)5(10)4(9)3(2-8)13-7/h3-11H,2H2,1H3/t3-,4-,5+,6-,7?/m1/s1. The summed E-state index contributed by atoms with van der Waals surface area (Å²) in [4.78, 5) is 8.76. The Morgan fingerprint density at radius 3 is 2.29 bits per heavy atom. The van der Waals surface area contributed by atoms with E-state index in [0.717, 1.165) is 0 Å². The van der Waals surface area contributed by atoms with Crippen LogP contribution in [0.3, 0.4) is 0 Å². The van der Waals surface area contributed by atoms with Crippen molar-refractivity contribution < 1.29 is 34.9 Å². The van der Waals surface area contributed by atoms with Crippen molar-refractivity contribution in [2.75, 3.05) is 13.7 Å². The maximum Gasteiger partial charge on any atom is 0.220 e. The van der Waals surface area contributed by atoms with E-state index in [1.165, 1.54) is 7.11 Å². The summed E-state index contributed by atoms with van der Waals surface area (Å²) in [5.41, 5.74) is 0. The van der Waals surface area contributed by atoms with Crippen molar-refractivity contribution in [3.63, 3.8) is 0 Å². The lowest BCUT2D eigenvalue weighted by Crippen LogP contribution is -2.59. The van der Waals surface area contributed by atoms with Gasteiger partial charge in [0.05, 0.1) is 13.7 Å². The maximum atomic E-state index is 9.33. The zero-order valence-corrected chi connectivity index (χ0v) is 7.61. The molecule has 0 saturated carbocycles. The zero-order valence-electron chi connectivity index (χ0n) is 7.61. The summed E-state index contributed by atoms with van der Waals surface area (Å²) in [6.45, 7) is -0.492. The Balaban J connectivity index is 2.63. The van der Waals surface area contributed by atoms with Gasteiger partial charge in [-0.3, -0.25) is 0 Å². The van der Waals surface area contributed by atoms with Crippen LogP contribution in [0.5, 0.6) is 0 Å². The van der Waals surface area contributed by atoms with Gasteiger partial charge in [0.25, 0.3) is 0 Å². The first-order valence-electron chi connectivity index (χ1n) is 4.11. The second kappa shape index (κ2) is 4.99. The largest absolute Gasteiger partial charge is 0.394 e. The van der Waals surface area contributed by atoms with E-state index in [1.807, 2.05) is 0 Å². The molecule has 0 aromatic carbocycles. The highest BCUT2D eigenvalue weighted by Crippen LogP contribution is 2.21. The smallest absolute Gasteiger partial charge is 0.220 e. The average molecular weight is 210 g/mol. The van der Waals surface area contributed by atoms with Crippen molar-refractivity contribution >= 4 is 0 Å². The van der Waals surface area contributed by atoms with Gasteiger partial charge in [-0.1, -0.05) is 0 Å². The molecule has 1 heterocycles. The summed E-state index contributed by atoms with van der Waals surface area (Å²) >= 11 is 0. The molecule has 0 radical (unpaired) electrons. The molecular formula is C7H14O7. The van der Waals surface area contributed by atoms with E-state index in [4.69, 9.17) is 9.84 Å². The lowest BCUT2D eigenvalue weighted by molar-refractivity contribution is -0.415. The number of aliphatic hydroxyl groups is 4. The van der Waals surface area contributed by atoms with Gasteiger partial charge in [-0.15, -0.1) is 0 Å². The van der Waals surface area contributed by atoms with Crippen LogP contribution >= 0.6 is 0 Å². The molecule has 1 unspecified atom stereocenters. The minimum atomic E-state index is -1.44. The van der Waals surface area contributed by atoms with Crippen molar-refractivity contribution in [1.29, 1.82) is 0 Å². The van der Waals surface area contributed by atoms with Gasteiger partial charge >= 0.3 is 0 Å². The maximum absolute atomic E-state index is 9.33. The van der Waals surface area contributed by atoms with Gasteiger partial charge in [0, 0.05) is 0 Å². The van der Waals surface area contributed by atoms with E-state index in [9.17, 15) is 15.3 Å². The monoisotopic (exact) mass is 210 g/mol. The van der Waals surface area contributed by atoms with E-state index in [-0.39, 0.29) is 0 Å². The highest BCUT2D eigenvalue weighted by atomic mass is 17.2. The first kappa shape index (κ1) is 11.8. The van der Waals surface area contributed by atoms with Crippen LogP contribution in [-0.2, 0) is 14.5 Å². The number of ether oxygens (including phenoxy) is 1. The predicted octanol–water partition coefficient (Wildman–Crippen LogP) is -2.64. The van der Waals surface area contributed by atoms with Crippen molar-refractivity contribution in [1.82, 2.24) is 0 Å². The Kier molecular flexibility index (Phi) is 4.20. The van der Waals surface area contributed by atoms with Crippen LogP contribution in [0, 0.1) is 0 Å². The van der Waals surface area contributed by atoms with E-state index in [0.29, 0.717) is 0 Å². The van der Waals surface area contributed by atoms with Crippen LogP contribution in [0.25, 0.3) is 0 Å². The molecule has 1 rings (SSSR count). The SMILES string of the molecule is COOC1O[C@H](CO)[C@@H](O)[C@H](O)[C@H]1O. The first-order chi connectivity index (χ1) is 6.61. The summed E-state index contributed by atoms with van der Waals surface area (Å²) in [5.74, 6) is 0. The fourth-order valence-corrected chi connectivity index (χ4v) is 1.24. The molecule has 14 heavy (non-hydrogen) atoms. The Morgan fingerprint density at radius 2 is 1.79 bits per heavy atom. The quantitative estimate of drug-likeness (QED) is 0.298. The van der Waals surface area contributed by atoms with Crippen LogP contribution < -0.4 is 0 Å². The van der Waals surface area contributed by atoms with Crippen LogP contribution in [0.1, 0.15) is 0 Å². The van der Waals surface area contributed by atoms with Gasteiger partial charge in [0.15, 0.2) is 0 Å². The lowest BCUT2D eigenvalue weighted by Gasteiger charge is -2.38. The van der Waals surface area contributed by atoms with Gasteiger partial charge in [-0.25, -0.2) is 9.78 Å². The van der Waals surface area contributed by atoms with E-state index < -0.39 is 37.3 Å². The summed E-state index contributed by atoms with van der Waals surface area (Å²) in [6.07, 6.45) is -6.45. The Bertz CT molecular complexity index is 171. The minimum Gasteiger partial charge on any atom is -0.394 e. The second-order valence-corrected chi connectivity index (χ2v) is 2.96. The molecule has 0 aromatic heterocycles. The molecule has 1 saturated heterocycles. The molecule has 1 fully saturated rings. The Labute approximate surface area is 80.4 Å². The van der Waals surface area contributed by atoms with Gasteiger partial charge in [-0.05, 0) is 0 Å². The van der Waals surface area contributed by atoms with Gasteiger partial charge in [0.1, 0.15) is 24.4 Å². The fourth-order valence-electron chi connectivity index (χ4n) is 1.24. The molecule has 0 aliphatic carbocycles. The minimum absolute atomic E-state index is 0.492. The normalized spacial score (nSPS) is 43.9. The molecule has 5 atom stereocenters. The van der Waals surface area contributed by atoms with Crippen LogP contribution in [0.4, 0.5) is 0 Å². The second-order valence-electron chi connectivity index (χ2n) is 2.96. The molecule has 0 spiro atoms. The number of hydrogen-bond acceptors (Lipinski definition) is 7. The Hall–Kier alpha value is -0.280. The van der Waals surface area contributed by atoms with Crippen molar-refractivity contribution in [2.45, 2.75) is 30.7 Å². The fraction of sp³-hybridized carbons (Fsp3) is 1.00. The van der Waals surface area contributed by atoms with E-state index in [1.54, 1.807) is 0 Å². The predicted molar refractivity (Wildman–Crippen MR) is 41.9 cm³/mol. The van der Waals surface area contributed by atoms with Crippen LogP contribution in [0.2, 0.25) is 0 Å². The highest BCUT2D eigenvalue weighted by molar-refractivity contribution is 4.88. The van der Waals surface area contributed by atoms with Gasteiger partial charge in [0.2, 0.25) is 6.29 Å². The van der Waals surface area contributed by atoms with E-state index >= 15 is 0 Å². The molecule has 1 aliphatic rings. The summed E-state index contributed by atoms with van der Waals surface area (Å²) in [6, 6.07) is 0. The van der Waals surface area contributed by atoms with Crippen molar-refractivity contribution in [3.05, 3.63) is 0 Å². The summed E-state index contributed by atoms with van der Waals surface area (Å²) in [5, 5.41) is 36.7. The third-order valence-electron chi connectivity index (χ3n) is 2.04. The summed E-state index contributed by atoms with van der Waals surface area (Å²) in [7, 11) is 1.21. The van der Waals surface area contributed by atoms with Gasteiger partial charge in [-0.2, -0.15) is 0 Å². The van der Waals surface area contributed by atoms with Crippen molar-refractivity contribution in [2.24, 2.45) is 0 Å².